The van der Waals surface area contributed by atoms with Crippen molar-refractivity contribution < 1.29 is 9.59 Å². The lowest BCUT2D eigenvalue weighted by Gasteiger charge is -2.18. The number of nitrogens with zero attached hydrogens (tertiary/aromatic N) is 1. The fourth-order valence-electron chi connectivity index (χ4n) is 3.01. The third kappa shape index (κ3) is 3.93. The first-order valence-corrected chi connectivity index (χ1v) is 8.08. The Morgan fingerprint density at radius 3 is 2.33 bits per heavy atom. The minimum atomic E-state index is 0.0753. The van der Waals surface area contributed by atoms with E-state index in [1.54, 1.807) is 4.90 Å². The Hall–Kier alpha value is -1.64. The number of hydrogen-bond acceptors (Lipinski definition) is 2. The SMILES string of the molecule is CCN(CC)C(=O)CCC(=O)c1ccc2c(c1)CCCC2. The highest BCUT2D eigenvalue weighted by Crippen LogP contribution is 2.23. The van der Waals surface area contributed by atoms with Gasteiger partial charge in [0.1, 0.15) is 0 Å². The summed E-state index contributed by atoms with van der Waals surface area (Å²) in [5, 5.41) is 0. The number of carbonyl (C=O) groups is 2. The van der Waals surface area contributed by atoms with Gasteiger partial charge in [-0.05, 0) is 56.7 Å². The highest BCUT2D eigenvalue weighted by Gasteiger charge is 2.15. The van der Waals surface area contributed by atoms with Gasteiger partial charge in [0.25, 0.3) is 0 Å². The van der Waals surface area contributed by atoms with Crippen LogP contribution in [0.2, 0.25) is 0 Å². The van der Waals surface area contributed by atoms with Gasteiger partial charge >= 0.3 is 0 Å². The van der Waals surface area contributed by atoms with E-state index in [0.29, 0.717) is 25.9 Å². The predicted octanol–water partition coefficient (Wildman–Crippen LogP) is 3.40. The fourth-order valence-corrected chi connectivity index (χ4v) is 3.01. The van der Waals surface area contributed by atoms with E-state index in [4.69, 9.17) is 0 Å². The predicted molar refractivity (Wildman–Crippen MR) is 84.6 cm³/mol. The molecule has 0 heterocycles. The van der Waals surface area contributed by atoms with Crippen molar-refractivity contribution in [3.8, 4) is 0 Å². The van der Waals surface area contributed by atoms with E-state index in [-0.39, 0.29) is 11.7 Å². The number of benzene rings is 1. The van der Waals surface area contributed by atoms with Crippen molar-refractivity contribution in [1.29, 1.82) is 0 Å². The third-order valence-corrected chi connectivity index (χ3v) is 4.35. The lowest BCUT2D eigenvalue weighted by Crippen LogP contribution is -2.30. The van der Waals surface area contributed by atoms with E-state index in [9.17, 15) is 9.59 Å². The van der Waals surface area contributed by atoms with Crippen LogP contribution >= 0.6 is 0 Å². The van der Waals surface area contributed by atoms with Crippen molar-refractivity contribution in [2.24, 2.45) is 0 Å². The van der Waals surface area contributed by atoms with Crippen LogP contribution in [-0.4, -0.2) is 29.7 Å². The van der Waals surface area contributed by atoms with Crippen LogP contribution in [0.25, 0.3) is 0 Å². The largest absolute Gasteiger partial charge is 0.343 e. The van der Waals surface area contributed by atoms with Crippen molar-refractivity contribution in [1.82, 2.24) is 4.90 Å². The average molecular weight is 287 g/mol. The van der Waals surface area contributed by atoms with Crippen LogP contribution in [-0.2, 0) is 17.6 Å². The van der Waals surface area contributed by atoms with Gasteiger partial charge < -0.3 is 4.90 Å². The standard InChI is InChI=1S/C18H25NO2/c1-3-19(4-2)18(21)12-11-17(20)16-10-9-14-7-5-6-8-15(14)13-16/h9-10,13H,3-8,11-12H2,1-2H3. The second-order valence-corrected chi connectivity index (χ2v) is 5.68. The second-order valence-electron chi connectivity index (χ2n) is 5.68. The molecule has 1 amide bonds. The van der Waals surface area contributed by atoms with Gasteiger partial charge in [0, 0.05) is 31.5 Å². The zero-order valence-electron chi connectivity index (χ0n) is 13.2. The van der Waals surface area contributed by atoms with Crippen molar-refractivity contribution in [2.45, 2.75) is 52.4 Å². The Bertz CT molecular complexity index is 518. The van der Waals surface area contributed by atoms with Crippen LogP contribution in [0.5, 0.6) is 0 Å². The molecule has 0 bridgehead atoms. The van der Waals surface area contributed by atoms with E-state index in [1.165, 1.54) is 24.0 Å². The summed E-state index contributed by atoms with van der Waals surface area (Å²) in [5.41, 5.74) is 3.47. The first-order valence-electron chi connectivity index (χ1n) is 8.08. The normalized spacial score (nSPS) is 13.6. The number of aryl methyl sites for hydroxylation is 2. The van der Waals surface area contributed by atoms with Crippen molar-refractivity contribution in [3.63, 3.8) is 0 Å². The topological polar surface area (TPSA) is 37.4 Å². The van der Waals surface area contributed by atoms with Gasteiger partial charge in [0.15, 0.2) is 5.78 Å². The molecule has 1 aromatic carbocycles. The fraction of sp³-hybridized carbons (Fsp3) is 0.556. The molecule has 3 nitrogen and oxygen atoms in total. The van der Waals surface area contributed by atoms with Gasteiger partial charge in [-0.15, -0.1) is 0 Å². The van der Waals surface area contributed by atoms with Crippen molar-refractivity contribution in [3.05, 3.63) is 34.9 Å². The highest BCUT2D eigenvalue weighted by molar-refractivity contribution is 5.98. The zero-order valence-corrected chi connectivity index (χ0v) is 13.2. The first kappa shape index (κ1) is 15.7. The van der Waals surface area contributed by atoms with Gasteiger partial charge in [-0.2, -0.15) is 0 Å². The van der Waals surface area contributed by atoms with E-state index in [2.05, 4.69) is 6.07 Å². The molecule has 2 rings (SSSR count). The molecule has 0 N–H and O–H groups in total. The maximum Gasteiger partial charge on any atom is 0.223 e. The van der Waals surface area contributed by atoms with Crippen LogP contribution in [0.4, 0.5) is 0 Å². The molecular weight excluding hydrogens is 262 g/mol. The first-order chi connectivity index (χ1) is 10.2. The lowest BCUT2D eigenvalue weighted by molar-refractivity contribution is -0.130. The molecule has 0 saturated carbocycles. The molecule has 0 aliphatic heterocycles. The number of fused-ring (bicyclic) bond motifs is 1. The van der Waals surface area contributed by atoms with E-state index in [0.717, 1.165) is 18.4 Å². The zero-order chi connectivity index (χ0) is 15.2. The molecule has 0 aromatic heterocycles. The van der Waals surface area contributed by atoms with E-state index < -0.39 is 0 Å². The molecule has 21 heavy (non-hydrogen) atoms. The highest BCUT2D eigenvalue weighted by atomic mass is 16.2. The molecule has 0 atom stereocenters. The summed E-state index contributed by atoms with van der Waals surface area (Å²) < 4.78 is 0. The van der Waals surface area contributed by atoms with Crippen LogP contribution in [0.15, 0.2) is 18.2 Å². The number of carbonyl (C=O) groups excluding carboxylic acids is 2. The number of Topliss-reactive ketones (excluding diaryl/α,β-unsaturated/α-hetero) is 1. The summed E-state index contributed by atoms with van der Waals surface area (Å²) in [7, 11) is 0. The molecule has 0 spiro atoms. The van der Waals surface area contributed by atoms with Crippen molar-refractivity contribution in [2.75, 3.05) is 13.1 Å². The molecule has 1 aromatic rings. The molecule has 0 saturated heterocycles. The third-order valence-electron chi connectivity index (χ3n) is 4.35. The summed E-state index contributed by atoms with van der Waals surface area (Å²) in [6.07, 6.45) is 5.30. The molecule has 1 aliphatic rings. The number of rotatable bonds is 6. The second kappa shape index (κ2) is 7.39. The number of ketones is 1. The van der Waals surface area contributed by atoms with E-state index >= 15 is 0 Å². The molecule has 0 radical (unpaired) electrons. The van der Waals surface area contributed by atoms with E-state index in [1.807, 2.05) is 26.0 Å². The summed E-state index contributed by atoms with van der Waals surface area (Å²) in [5.74, 6) is 0.162. The quantitative estimate of drug-likeness (QED) is 0.752. The van der Waals surface area contributed by atoms with Crippen LogP contribution in [0, 0.1) is 0 Å². The molecule has 3 heteroatoms. The Morgan fingerprint density at radius 1 is 1.00 bits per heavy atom. The number of amides is 1. The van der Waals surface area contributed by atoms with Crippen LogP contribution < -0.4 is 0 Å². The minimum absolute atomic E-state index is 0.0753. The van der Waals surface area contributed by atoms with Gasteiger partial charge in [-0.1, -0.05) is 12.1 Å². The summed E-state index contributed by atoms with van der Waals surface area (Å²) in [4.78, 5) is 26.0. The molecule has 0 fully saturated rings. The maximum absolute atomic E-state index is 12.3. The monoisotopic (exact) mass is 287 g/mol. The smallest absolute Gasteiger partial charge is 0.223 e. The summed E-state index contributed by atoms with van der Waals surface area (Å²) in [6.45, 7) is 5.35. The van der Waals surface area contributed by atoms with Gasteiger partial charge in [0.2, 0.25) is 5.91 Å². The molecule has 0 unspecified atom stereocenters. The molecule has 1 aliphatic carbocycles. The Kier molecular flexibility index (Phi) is 5.54. The number of hydrogen-bond donors (Lipinski definition) is 0. The Balaban J connectivity index is 1.96. The Morgan fingerprint density at radius 2 is 1.67 bits per heavy atom. The maximum atomic E-state index is 12.3. The van der Waals surface area contributed by atoms with Gasteiger partial charge in [-0.3, -0.25) is 9.59 Å². The average Bonchev–Trinajstić information content (AvgIpc) is 2.53. The Labute approximate surface area is 127 Å². The lowest BCUT2D eigenvalue weighted by atomic mass is 9.89. The molecular formula is C18H25NO2. The van der Waals surface area contributed by atoms with Gasteiger partial charge in [0.05, 0.1) is 0 Å². The summed E-state index contributed by atoms with van der Waals surface area (Å²) in [6, 6.07) is 6.06. The van der Waals surface area contributed by atoms with Crippen LogP contribution in [0.3, 0.4) is 0 Å². The van der Waals surface area contributed by atoms with Crippen molar-refractivity contribution >= 4 is 11.7 Å². The van der Waals surface area contributed by atoms with Gasteiger partial charge in [-0.25, -0.2) is 0 Å². The molecule has 114 valence electrons. The van der Waals surface area contributed by atoms with Crippen LogP contribution in [0.1, 0.15) is 61.0 Å². The minimum Gasteiger partial charge on any atom is -0.343 e. The summed E-state index contributed by atoms with van der Waals surface area (Å²) >= 11 is 0.